The van der Waals surface area contributed by atoms with Gasteiger partial charge in [0.1, 0.15) is 10.7 Å². The maximum Gasteiger partial charge on any atom is 0.265 e. The van der Waals surface area contributed by atoms with Gasteiger partial charge in [0, 0.05) is 48.9 Å². The maximum atomic E-state index is 13.0. The largest absolute Gasteiger partial charge is 0.496 e. The number of carbonyl (C=O) groups is 2. The first-order chi connectivity index (χ1) is 14.6. The number of nitrogens with zero attached hydrogens (tertiary/aromatic N) is 2. The van der Waals surface area contributed by atoms with Gasteiger partial charge in [0.15, 0.2) is 0 Å². The molecule has 2 aliphatic rings. The minimum atomic E-state index is -0.196. The van der Waals surface area contributed by atoms with E-state index in [-0.39, 0.29) is 11.8 Å². The molecule has 1 fully saturated rings. The molecule has 0 spiro atoms. The molecule has 0 aliphatic carbocycles. The first-order valence-electron chi connectivity index (χ1n) is 10.1. The van der Waals surface area contributed by atoms with Crippen LogP contribution in [0.3, 0.4) is 0 Å². The Morgan fingerprint density at radius 1 is 1.00 bits per heavy atom. The van der Waals surface area contributed by atoms with Crippen LogP contribution in [0.2, 0.25) is 0 Å². The number of allylic oxidation sites excluding steroid dienone is 1. The zero-order valence-electron chi connectivity index (χ0n) is 17.0. The smallest absolute Gasteiger partial charge is 0.265 e. The number of para-hydroxylation sites is 1. The number of nitrogens with one attached hydrogen (secondary N) is 1. The Morgan fingerprint density at radius 2 is 1.77 bits per heavy atom. The number of amides is 2. The number of piperazine rings is 1. The van der Waals surface area contributed by atoms with Crippen molar-refractivity contribution in [2.24, 2.45) is 0 Å². The summed E-state index contributed by atoms with van der Waals surface area (Å²) in [5.74, 6) is 1.20. The highest BCUT2D eigenvalue weighted by Gasteiger charge is 2.23. The van der Waals surface area contributed by atoms with E-state index >= 15 is 0 Å². The predicted octanol–water partition coefficient (Wildman–Crippen LogP) is 3.58. The van der Waals surface area contributed by atoms with Crippen molar-refractivity contribution < 1.29 is 14.3 Å². The molecule has 0 saturated carbocycles. The van der Waals surface area contributed by atoms with Crippen molar-refractivity contribution >= 4 is 35.0 Å². The van der Waals surface area contributed by atoms with Gasteiger partial charge >= 0.3 is 0 Å². The summed E-state index contributed by atoms with van der Waals surface area (Å²) >= 11 is 1.49. The second kappa shape index (κ2) is 9.26. The van der Waals surface area contributed by atoms with Crippen LogP contribution in [0.5, 0.6) is 0 Å². The number of ether oxygens (including phenoxy) is 1. The predicted molar refractivity (Wildman–Crippen MR) is 121 cm³/mol. The molecule has 7 heteroatoms. The van der Waals surface area contributed by atoms with Crippen LogP contribution in [0.25, 0.3) is 0 Å². The normalized spacial score (nSPS) is 16.8. The molecule has 2 heterocycles. The third-order valence-corrected chi connectivity index (χ3v) is 6.36. The van der Waals surface area contributed by atoms with Crippen LogP contribution in [0, 0.1) is 0 Å². The Bertz CT molecular complexity index is 953. The minimum Gasteiger partial charge on any atom is -0.496 e. The van der Waals surface area contributed by atoms with Gasteiger partial charge in [-0.15, -0.1) is 11.8 Å². The fourth-order valence-corrected chi connectivity index (χ4v) is 4.45. The van der Waals surface area contributed by atoms with Crippen LogP contribution in [-0.4, -0.2) is 55.3 Å². The molecule has 6 nitrogen and oxygen atoms in total. The van der Waals surface area contributed by atoms with E-state index in [1.54, 1.807) is 31.2 Å². The molecule has 1 saturated heterocycles. The lowest BCUT2D eigenvalue weighted by Gasteiger charge is -2.36. The monoisotopic (exact) mass is 423 g/mol. The quantitative estimate of drug-likeness (QED) is 0.815. The topological polar surface area (TPSA) is 61.9 Å². The van der Waals surface area contributed by atoms with Crippen LogP contribution in [0.4, 0.5) is 11.4 Å². The van der Waals surface area contributed by atoms with E-state index in [2.05, 4.69) is 22.3 Å². The van der Waals surface area contributed by atoms with Gasteiger partial charge in [-0.25, -0.2) is 0 Å². The van der Waals surface area contributed by atoms with E-state index in [0.29, 0.717) is 41.6 Å². The second-order valence-electron chi connectivity index (χ2n) is 7.23. The summed E-state index contributed by atoms with van der Waals surface area (Å²) in [5.41, 5.74) is 2.38. The van der Waals surface area contributed by atoms with E-state index in [0.717, 1.165) is 18.8 Å². The average Bonchev–Trinajstić information content (AvgIpc) is 2.80. The van der Waals surface area contributed by atoms with E-state index in [1.807, 2.05) is 23.1 Å². The van der Waals surface area contributed by atoms with Crippen molar-refractivity contribution in [3.63, 3.8) is 0 Å². The van der Waals surface area contributed by atoms with Gasteiger partial charge in [0.2, 0.25) is 0 Å². The molecular formula is C23H25N3O3S. The Hall–Kier alpha value is -2.93. The molecule has 0 radical (unpaired) electrons. The third kappa shape index (κ3) is 4.62. The first kappa shape index (κ1) is 20.3. The van der Waals surface area contributed by atoms with Crippen LogP contribution >= 0.6 is 11.8 Å². The Morgan fingerprint density at radius 3 is 2.50 bits per heavy atom. The first-order valence-corrected chi connectivity index (χ1v) is 11.1. The van der Waals surface area contributed by atoms with Gasteiger partial charge < -0.3 is 19.9 Å². The number of hydrogen-bond donors (Lipinski definition) is 1. The van der Waals surface area contributed by atoms with Crippen molar-refractivity contribution in [1.82, 2.24) is 4.90 Å². The number of anilines is 2. The van der Waals surface area contributed by atoms with Gasteiger partial charge in [-0.3, -0.25) is 9.59 Å². The number of hydrogen-bond acceptors (Lipinski definition) is 5. The lowest BCUT2D eigenvalue weighted by Crippen LogP contribution is -2.48. The molecular weight excluding hydrogens is 398 g/mol. The highest BCUT2D eigenvalue weighted by atomic mass is 32.2. The second-order valence-corrected chi connectivity index (χ2v) is 8.34. The van der Waals surface area contributed by atoms with Crippen LogP contribution < -0.4 is 10.2 Å². The molecule has 156 valence electrons. The van der Waals surface area contributed by atoms with E-state index < -0.39 is 0 Å². The molecule has 1 N–H and O–H groups in total. The summed E-state index contributed by atoms with van der Waals surface area (Å²) in [7, 11) is 0. The van der Waals surface area contributed by atoms with Gasteiger partial charge in [-0.2, -0.15) is 0 Å². The van der Waals surface area contributed by atoms with E-state index in [4.69, 9.17) is 4.74 Å². The van der Waals surface area contributed by atoms with Crippen LogP contribution in [0.15, 0.2) is 65.3 Å². The average molecular weight is 424 g/mol. The summed E-state index contributed by atoms with van der Waals surface area (Å²) in [6.07, 6.45) is 0. The van der Waals surface area contributed by atoms with Crippen molar-refractivity contribution in [1.29, 1.82) is 0 Å². The summed E-state index contributed by atoms with van der Waals surface area (Å²) in [6, 6.07) is 17.4. The van der Waals surface area contributed by atoms with Crippen molar-refractivity contribution in [3.05, 3.63) is 70.8 Å². The molecule has 0 unspecified atom stereocenters. The van der Waals surface area contributed by atoms with Crippen molar-refractivity contribution in [3.8, 4) is 0 Å². The minimum absolute atomic E-state index is 0.00965. The molecule has 2 aromatic rings. The summed E-state index contributed by atoms with van der Waals surface area (Å²) in [6.45, 7) is 5.37. The number of benzene rings is 2. The number of rotatable bonds is 4. The molecule has 2 amide bonds. The maximum absolute atomic E-state index is 13.0. The molecule has 0 aromatic heterocycles. The highest BCUT2D eigenvalue weighted by molar-refractivity contribution is 8.04. The standard InChI is InChI=1S/C23H25N3O3S/c1-17-21(30-15-14-29-17)22(27)24-19-7-5-6-18(16-19)23(28)26-12-10-25(11-13-26)20-8-3-2-4-9-20/h2-9,16H,10-15H2,1H3,(H,24,27). The van der Waals surface area contributed by atoms with Crippen LogP contribution in [-0.2, 0) is 9.53 Å². The molecule has 30 heavy (non-hydrogen) atoms. The van der Waals surface area contributed by atoms with E-state index in [9.17, 15) is 9.59 Å². The van der Waals surface area contributed by atoms with Crippen molar-refractivity contribution in [2.45, 2.75) is 6.92 Å². The van der Waals surface area contributed by atoms with E-state index in [1.165, 1.54) is 17.4 Å². The SMILES string of the molecule is CC1=C(C(=O)Nc2cccc(C(=O)N3CCN(c4ccccc4)CC3)c2)SCCO1. The molecule has 4 rings (SSSR count). The summed E-state index contributed by atoms with van der Waals surface area (Å²) in [4.78, 5) is 30.3. The number of thioether (sulfide) groups is 1. The van der Waals surface area contributed by atoms with Crippen molar-refractivity contribution in [2.75, 3.05) is 48.8 Å². The van der Waals surface area contributed by atoms with Gasteiger partial charge in [-0.1, -0.05) is 24.3 Å². The van der Waals surface area contributed by atoms with Gasteiger partial charge in [0.05, 0.1) is 6.61 Å². The Balaban J connectivity index is 1.39. The molecule has 0 atom stereocenters. The van der Waals surface area contributed by atoms with Gasteiger partial charge in [-0.05, 0) is 37.3 Å². The summed E-state index contributed by atoms with van der Waals surface area (Å²) < 4.78 is 5.46. The summed E-state index contributed by atoms with van der Waals surface area (Å²) in [5, 5.41) is 2.89. The Labute approximate surface area is 180 Å². The highest BCUT2D eigenvalue weighted by Crippen LogP contribution is 2.27. The zero-order chi connectivity index (χ0) is 20.9. The Kier molecular flexibility index (Phi) is 6.28. The fourth-order valence-electron chi connectivity index (χ4n) is 3.64. The van der Waals surface area contributed by atoms with Gasteiger partial charge in [0.25, 0.3) is 11.8 Å². The molecule has 2 aromatic carbocycles. The lowest BCUT2D eigenvalue weighted by molar-refractivity contribution is -0.112. The lowest BCUT2D eigenvalue weighted by atomic mass is 10.1. The fraction of sp³-hybridized carbons (Fsp3) is 0.304. The van der Waals surface area contributed by atoms with Crippen LogP contribution in [0.1, 0.15) is 17.3 Å². The zero-order valence-corrected chi connectivity index (χ0v) is 17.8. The number of carbonyl (C=O) groups excluding carboxylic acids is 2. The molecule has 0 bridgehead atoms. The molecule has 2 aliphatic heterocycles. The third-order valence-electron chi connectivity index (χ3n) is 5.23.